The van der Waals surface area contributed by atoms with Crippen LogP contribution in [0.2, 0.25) is 0 Å². The molecule has 3 aromatic carbocycles. The molecule has 7 nitrogen and oxygen atoms in total. The molecule has 0 aliphatic rings. The molecule has 0 aliphatic carbocycles. The van der Waals surface area contributed by atoms with Gasteiger partial charge in [-0.15, -0.1) is 0 Å². The summed E-state index contributed by atoms with van der Waals surface area (Å²) in [7, 11) is -3.89. The first-order valence-electron chi connectivity index (χ1n) is 10.3. The molecular formula is C24H29O7P. The molecule has 172 valence electrons. The van der Waals surface area contributed by atoms with Crippen molar-refractivity contribution in [3.8, 4) is 17.2 Å². The molecule has 0 fully saturated rings. The molecule has 0 unspecified atom stereocenters. The highest BCUT2D eigenvalue weighted by Crippen LogP contribution is 2.49. The van der Waals surface area contributed by atoms with E-state index >= 15 is 0 Å². The van der Waals surface area contributed by atoms with Crippen molar-refractivity contribution in [3.63, 3.8) is 0 Å². The van der Waals surface area contributed by atoms with Crippen LogP contribution < -0.4 is 13.6 Å². The summed E-state index contributed by atoms with van der Waals surface area (Å²) in [5.41, 5.74) is 0. The molecule has 8 heteroatoms. The Hall–Kier alpha value is -2.83. The Kier molecular flexibility index (Phi) is 12.0. The van der Waals surface area contributed by atoms with Crippen molar-refractivity contribution in [2.45, 2.75) is 6.92 Å². The summed E-state index contributed by atoms with van der Waals surface area (Å²) in [6, 6.07) is 26.4. The molecule has 0 bridgehead atoms. The number of aliphatic hydroxyl groups is 1. The highest BCUT2D eigenvalue weighted by molar-refractivity contribution is 7.49. The average molecular weight is 460 g/mol. The molecule has 0 amide bonds. The smallest absolute Gasteiger partial charge is 0.394 e. The maximum absolute atomic E-state index is 13.1. The van der Waals surface area contributed by atoms with Gasteiger partial charge in [-0.3, -0.25) is 0 Å². The fourth-order valence-electron chi connectivity index (χ4n) is 2.32. The number of rotatable bonds is 12. The van der Waals surface area contributed by atoms with E-state index in [0.717, 1.165) is 6.61 Å². The van der Waals surface area contributed by atoms with Crippen molar-refractivity contribution in [1.82, 2.24) is 0 Å². The Balaban J connectivity index is 0.000000344. The zero-order valence-electron chi connectivity index (χ0n) is 18.0. The number of hydrogen-bond acceptors (Lipinski definition) is 7. The van der Waals surface area contributed by atoms with Crippen LogP contribution in [0.4, 0.5) is 0 Å². The van der Waals surface area contributed by atoms with Crippen LogP contribution in [0.25, 0.3) is 0 Å². The molecule has 32 heavy (non-hydrogen) atoms. The molecule has 0 heterocycles. The van der Waals surface area contributed by atoms with Gasteiger partial charge < -0.3 is 28.2 Å². The Morgan fingerprint density at radius 1 is 0.625 bits per heavy atom. The first-order valence-corrected chi connectivity index (χ1v) is 11.7. The molecule has 0 spiro atoms. The van der Waals surface area contributed by atoms with Crippen LogP contribution in [0.3, 0.4) is 0 Å². The standard InChI is InChI=1S/C18H15O4P.C6H14O3/c19-23(20-16-10-4-1-5-11-16,21-17-12-6-2-7-13-17)22-18-14-8-3-9-15-18;1-2-8-5-6-9-4-3-7/h1-15H;7H,2-6H2,1H3. The van der Waals surface area contributed by atoms with E-state index in [1.165, 1.54) is 0 Å². The summed E-state index contributed by atoms with van der Waals surface area (Å²) in [4.78, 5) is 0. The van der Waals surface area contributed by atoms with Crippen molar-refractivity contribution >= 4 is 7.82 Å². The van der Waals surface area contributed by atoms with Crippen LogP contribution in [0.15, 0.2) is 91.0 Å². The lowest BCUT2D eigenvalue weighted by Crippen LogP contribution is -2.07. The number of para-hydroxylation sites is 3. The van der Waals surface area contributed by atoms with Gasteiger partial charge >= 0.3 is 7.82 Å². The van der Waals surface area contributed by atoms with Crippen LogP contribution in [0.5, 0.6) is 17.2 Å². The lowest BCUT2D eigenvalue weighted by atomic mass is 10.3. The molecule has 0 saturated carbocycles. The van der Waals surface area contributed by atoms with Crippen LogP contribution in [0, 0.1) is 0 Å². The Bertz CT molecular complexity index is 778. The van der Waals surface area contributed by atoms with Gasteiger partial charge in [-0.1, -0.05) is 54.6 Å². The van der Waals surface area contributed by atoms with E-state index < -0.39 is 7.82 Å². The molecule has 1 N–H and O–H groups in total. The summed E-state index contributed by atoms with van der Waals surface area (Å²) < 4.78 is 39.5. The monoisotopic (exact) mass is 460 g/mol. The first kappa shape index (κ1) is 25.4. The summed E-state index contributed by atoms with van der Waals surface area (Å²) in [6.45, 7) is 4.36. The number of aliphatic hydroxyl groups excluding tert-OH is 1. The lowest BCUT2D eigenvalue weighted by molar-refractivity contribution is 0.0370. The average Bonchev–Trinajstić information content (AvgIpc) is 2.81. The van der Waals surface area contributed by atoms with Gasteiger partial charge in [0, 0.05) is 6.61 Å². The van der Waals surface area contributed by atoms with Crippen LogP contribution in [-0.4, -0.2) is 38.1 Å². The van der Waals surface area contributed by atoms with E-state index in [2.05, 4.69) is 0 Å². The lowest BCUT2D eigenvalue weighted by Gasteiger charge is -2.19. The third-order valence-electron chi connectivity index (χ3n) is 3.69. The summed E-state index contributed by atoms with van der Waals surface area (Å²) in [5.74, 6) is 1.22. The fourth-order valence-corrected chi connectivity index (χ4v) is 3.57. The van der Waals surface area contributed by atoms with Crippen LogP contribution in [0.1, 0.15) is 6.92 Å². The van der Waals surface area contributed by atoms with Crippen molar-refractivity contribution in [1.29, 1.82) is 0 Å². The number of hydrogen-bond donors (Lipinski definition) is 1. The molecule has 0 saturated heterocycles. The predicted octanol–water partition coefficient (Wildman–Crippen LogP) is 5.36. The number of benzene rings is 3. The number of ether oxygens (including phenoxy) is 2. The van der Waals surface area contributed by atoms with Crippen molar-refractivity contribution in [2.24, 2.45) is 0 Å². The Morgan fingerprint density at radius 2 is 1.00 bits per heavy atom. The maximum atomic E-state index is 13.1. The maximum Gasteiger partial charge on any atom is 0.647 e. The SMILES string of the molecule is CCOCCOCCO.O=P(Oc1ccccc1)(Oc1ccccc1)Oc1ccccc1. The molecule has 0 aliphatic heterocycles. The van der Waals surface area contributed by atoms with E-state index in [4.69, 9.17) is 28.2 Å². The number of phosphoric acid groups is 1. The van der Waals surface area contributed by atoms with Gasteiger partial charge in [0.2, 0.25) is 0 Å². The van der Waals surface area contributed by atoms with Gasteiger partial charge in [-0.25, -0.2) is 0 Å². The minimum Gasteiger partial charge on any atom is -0.394 e. The third kappa shape index (κ3) is 10.5. The first-order chi connectivity index (χ1) is 15.6. The Labute approximate surface area is 189 Å². The highest BCUT2D eigenvalue weighted by Gasteiger charge is 2.33. The third-order valence-corrected chi connectivity index (χ3v) is 5.00. The van der Waals surface area contributed by atoms with Gasteiger partial charge in [-0.05, 0) is 43.3 Å². The van der Waals surface area contributed by atoms with E-state index in [0.29, 0.717) is 37.1 Å². The Morgan fingerprint density at radius 3 is 1.34 bits per heavy atom. The van der Waals surface area contributed by atoms with Crippen molar-refractivity contribution < 1.29 is 32.7 Å². The minimum absolute atomic E-state index is 0.0894. The van der Waals surface area contributed by atoms with Crippen molar-refractivity contribution in [3.05, 3.63) is 91.0 Å². The molecule has 3 rings (SSSR count). The minimum atomic E-state index is -3.89. The van der Waals surface area contributed by atoms with E-state index in [9.17, 15) is 4.57 Å². The van der Waals surface area contributed by atoms with Gasteiger partial charge in [-0.2, -0.15) is 4.57 Å². The summed E-state index contributed by atoms with van der Waals surface area (Å²) in [5, 5.41) is 8.26. The fraction of sp³-hybridized carbons (Fsp3) is 0.250. The quantitative estimate of drug-likeness (QED) is 0.288. The zero-order valence-corrected chi connectivity index (χ0v) is 18.9. The van der Waals surface area contributed by atoms with Crippen LogP contribution in [-0.2, 0) is 14.0 Å². The zero-order chi connectivity index (χ0) is 22.9. The van der Waals surface area contributed by atoms with E-state index in [-0.39, 0.29) is 6.61 Å². The second-order valence-electron chi connectivity index (χ2n) is 6.19. The molecule has 0 atom stereocenters. The second-order valence-corrected chi connectivity index (χ2v) is 7.64. The molecule has 0 radical (unpaired) electrons. The topological polar surface area (TPSA) is 83.5 Å². The van der Waals surface area contributed by atoms with E-state index in [1.54, 1.807) is 72.8 Å². The molecule has 3 aromatic rings. The van der Waals surface area contributed by atoms with Gasteiger partial charge in [0.05, 0.1) is 26.4 Å². The van der Waals surface area contributed by atoms with Crippen LogP contribution >= 0.6 is 7.82 Å². The summed E-state index contributed by atoms with van der Waals surface area (Å²) >= 11 is 0. The van der Waals surface area contributed by atoms with Gasteiger partial charge in [0.15, 0.2) is 0 Å². The largest absolute Gasteiger partial charge is 0.647 e. The van der Waals surface area contributed by atoms with E-state index in [1.807, 2.05) is 25.1 Å². The number of phosphoric ester groups is 1. The molecular weight excluding hydrogens is 431 g/mol. The second kappa shape index (κ2) is 15.1. The summed E-state index contributed by atoms with van der Waals surface area (Å²) in [6.07, 6.45) is 0. The van der Waals surface area contributed by atoms with Gasteiger partial charge in [0.25, 0.3) is 0 Å². The van der Waals surface area contributed by atoms with Crippen molar-refractivity contribution in [2.75, 3.05) is 33.0 Å². The highest BCUT2D eigenvalue weighted by atomic mass is 31.2. The normalized spacial score (nSPS) is 10.6. The molecule has 0 aromatic heterocycles. The van der Waals surface area contributed by atoms with Gasteiger partial charge in [0.1, 0.15) is 17.2 Å². The predicted molar refractivity (Wildman–Crippen MR) is 123 cm³/mol.